The van der Waals surface area contributed by atoms with Gasteiger partial charge in [0.2, 0.25) is 0 Å². The summed E-state index contributed by atoms with van der Waals surface area (Å²) in [5.74, 6) is -0.252. The van der Waals surface area contributed by atoms with E-state index in [2.05, 4.69) is 48.7 Å². The number of fused-ring (bicyclic) bond motifs is 3. The Morgan fingerprint density at radius 2 is 1.15 bits per heavy atom. The van der Waals surface area contributed by atoms with Gasteiger partial charge >= 0.3 is 14.2 Å². The summed E-state index contributed by atoms with van der Waals surface area (Å²) >= 11 is 0. The summed E-state index contributed by atoms with van der Waals surface area (Å²) in [5, 5.41) is 2.09. The topological polar surface area (TPSA) is 75.6 Å². The van der Waals surface area contributed by atoms with Crippen LogP contribution in [0.4, 0.5) is 4.39 Å². The molecule has 0 radical (unpaired) electrons. The zero-order valence-electron chi connectivity index (χ0n) is 29.1. The average molecular weight is 635 g/mol. The van der Waals surface area contributed by atoms with Crippen molar-refractivity contribution in [2.45, 2.75) is 91.6 Å². The first-order valence-corrected chi connectivity index (χ1v) is 16.2. The van der Waals surface area contributed by atoms with Crippen molar-refractivity contribution in [3.63, 3.8) is 0 Å². The molecule has 10 heteroatoms. The fraction of sp³-hybridized carbons (Fsp3) is 0.378. The van der Waals surface area contributed by atoms with Gasteiger partial charge < -0.3 is 18.6 Å². The monoisotopic (exact) mass is 635 g/mol. The Morgan fingerprint density at radius 3 is 1.70 bits per heavy atom. The lowest BCUT2D eigenvalue weighted by molar-refractivity contribution is 0.00578. The molecule has 0 aliphatic carbocycles. The van der Waals surface area contributed by atoms with Crippen LogP contribution in [0, 0.1) is 5.82 Å². The van der Waals surface area contributed by atoms with Crippen LogP contribution in [0.3, 0.4) is 0 Å². The summed E-state index contributed by atoms with van der Waals surface area (Å²) < 4.78 is 37.2. The lowest BCUT2D eigenvalue weighted by Crippen LogP contribution is -2.41. The van der Waals surface area contributed by atoms with Crippen LogP contribution in [0.5, 0.6) is 0 Å². The first-order chi connectivity index (χ1) is 22.2. The number of rotatable bonds is 3. The Morgan fingerprint density at radius 1 is 0.596 bits per heavy atom. The Balaban J connectivity index is 0.000000176. The van der Waals surface area contributed by atoms with Crippen molar-refractivity contribution >= 4 is 47.0 Å². The van der Waals surface area contributed by atoms with Gasteiger partial charge in [0, 0.05) is 40.4 Å². The second kappa shape index (κ2) is 13.1. The van der Waals surface area contributed by atoms with E-state index in [4.69, 9.17) is 18.6 Å². The molecule has 2 aliphatic rings. The molecule has 2 fully saturated rings. The normalized spacial score (nSPS) is 18.8. The number of hydrogen-bond acceptors (Lipinski definition) is 7. The molecule has 0 amide bonds. The molecule has 3 aromatic heterocycles. The molecule has 0 unspecified atom stereocenters. The van der Waals surface area contributed by atoms with E-state index in [1.165, 1.54) is 12.1 Å². The predicted molar refractivity (Wildman–Crippen MR) is 189 cm³/mol. The maximum atomic E-state index is 13.0. The van der Waals surface area contributed by atoms with Crippen molar-refractivity contribution in [3.8, 4) is 11.3 Å². The van der Waals surface area contributed by atoms with Gasteiger partial charge in [0.25, 0.3) is 0 Å². The fourth-order valence-electron chi connectivity index (χ4n) is 5.18. The van der Waals surface area contributed by atoms with E-state index in [1.54, 1.807) is 18.3 Å². The maximum Gasteiger partial charge on any atom is 0.496 e. The van der Waals surface area contributed by atoms with Gasteiger partial charge in [0.05, 0.1) is 39.1 Å². The van der Waals surface area contributed by atoms with Crippen molar-refractivity contribution < 1.29 is 23.0 Å². The smallest absolute Gasteiger partial charge is 0.399 e. The van der Waals surface area contributed by atoms with Gasteiger partial charge in [-0.15, -0.1) is 0 Å². The van der Waals surface area contributed by atoms with Crippen molar-refractivity contribution in [2.75, 3.05) is 0 Å². The fourth-order valence-corrected chi connectivity index (χ4v) is 5.18. The quantitative estimate of drug-likeness (QED) is 0.152. The second-order valence-corrected chi connectivity index (χ2v) is 13.6. The van der Waals surface area contributed by atoms with Crippen LogP contribution in [0.15, 0.2) is 85.3 Å². The lowest BCUT2D eigenvalue weighted by Gasteiger charge is -2.32. The summed E-state index contributed by atoms with van der Waals surface area (Å²) in [4.78, 5) is 13.5. The third kappa shape index (κ3) is 6.97. The minimum Gasteiger partial charge on any atom is -0.399 e. The molecule has 0 saturated carbocycles. The molecule has 5 heterocycles. The van der Waals surface area contributed by atoms with Crippen LogP contribution in [-0.4, -0.2) is 51.6 Å². The lowest BCUT2D eigenvalue weighted by atomic mass is 9.78. The van der Waals surface area contributed by atoms with Gasteiger partial charge in [-0.3, -0.25) is 15.0 Å². The first kappa shape index (κ1) is 34.6. The van der Waals surface area contributed by atoms with Crippen LogP contribution >= 0.6 is 0 Å². The van der Waals surface area contributed by atoms with Gasteiger partial charge in [0.15, 0.2) is 0 Å². The molecule has 2 aliphatic heterocycles. The van der Waals surface area contributed by atoms with Crippen molar-refractivity contribution in [1.29, 1.82) is 0 Å². The Bertz CT molecular complexity index is 1820. The molecule has 2 saturated heterocycles. The van der Waals surface area contributed by atoms with Gasteiger partial charge in [0.1, 0.15) is 5.82 Å². The van der Waals surface area contributed by atoms with Crippen LogP contribution in [0.2, 0.25) is 0 Å². The first-order valence-electron chi connectivity index (χ1n) is 16.2. The second-order valence-electron chi connectivity index (χ2n) is 13.6. The zero-order valence-corrected chi connectivity index (χ0v) is 29.1. The average Bonchev–Trinajstić information content (AvgIpc) is 3.41. The molecule has 244 valence electrons. The molecule has 0 N–H and O–H groups in total. The molecule has 7 nitrogen and oxygen atoms in total. The number of hydrogen-bond donors (Lipinski definition) is 0. The van der Waals surface area contributed by atoms with Gasteiger partial charge in [-0.05, 0) is 109 Å². The molecule has 5 aromatic rings. The number of benzene rings is 2. The van der Waals surface area contributed by atoms with Crippen molar-refractivity contribution in [3.05, 3.63) is 91.1 Å². The van der Waals surface area contributed by atoms with Crippen LogP contribution < -0.4 is 10.9 Å². The standard InChI is InChI=1S/C18H19BN2O2.C17H19BFNO2.C2H6/c1-17(2)18(3,4)23-19(22-17)13-7-8-14-15(10-13)21-11-12-6-5-9-20-16(12)14;1-16(2)17(3,4)22-18(21-16)13-7-10-15(20-11-13)12-5-8-14(19)9-6-12;1-2/h5-11H,1-4H3;5-11H,1-4H3;1-2H3. The summed E-state index contributed by atoms with van der Waals surface area (Å²) in [5.41, 5.74) is 3.99. The van der Waals surface area contributed by atoms with E-state index in [-0.39, 0.29) is 35.3 Å². The van der Waals surface area contributed by atoms with Crippen LogP contribution in [0.25, 0.3) is 33.1 Å². The molecule has 0 bridgehead atoms. The summed E-state index contributed by atoms with van der Waals surface area (Å²) in [6, 6.07) is 20.2. The van der Waals surface area contributed by atoms with Crippen LogP contribution in [0.1, 0.15) is 69.2 Å². The minimum atomic E-state index is -0.417. The minimum absolute atomic E-state index is 0.252. The predicted octanol–water partition coefficient (Wildman–Crippen LogP) is 7.30. The van der Waals surface area contributed by atoms with Gasteiger partial charge in [-0.2, -0.15) is 0 Å². The molecular weight excluding hydrogens is 591 g/mol. The summed E-state index contributed by atoms with van der Waals surface area (Å²) in [6.45, 7) is 20.3. The zero-order chi connectivity index (χ0) is 34.2. The largest absolute Gasteiger partial charge is 0.496 e. The highest BCUT2D eigenvalue weighted by Gasteiger charge is 2.52. The number of pyridine rings is 3. The Kier molecular flexibility index (Phi) is 9.64. The van der Waals surface area contributed by atoms with E-state index < -0.39 is 7.12 Å². The Hall–Kier alpha value is -3.69. The van der Waals surface area contributed by atoms with E-state index in [9.17, 15) is 4.39 Å². The molecule has 7 rings (SSSR count). The number of nitrogens with zero attached hydrogens (tertiary/aromatic N) is 3. The molecule has 47 heavy (non-hydrogen) atoms. The van der Waals surface area contributed by atoms with E-state index in [0.717, 1.165) is 44.0 Å². The molecular formula is C37H44B2FN3O4. The highest BCUT2D eigenvalue weighted by molar-refractivity contribution is 6.62. The maximum absolute atomic E-state index is 13.0. The highest BCUT2D eigenvalue weighted by atomic mass is 19.1. The summed E-state index contributed by atoms with van der Waals surface area (Å²) in [6.07, 6.45) is 5.42. The third-order valence-electron chi connectivity index (χ3n) is 9.44. The van der Waals surface area contributed by atoms with E-state index in [1.807, 2.05) is 90.3 Å². The van der Waals surface area contributed by atoms with Crippen molar-refractivity contribution in [2.24, 2.45) is 0 Å². The third-order valence-corrected chi connectivity index (χ3v) is 9.44. The van der Waals surface area contributed by atoms with Gasteiger partial charge in [-0.25, -0.2) is 4.39 Å². The molecule has 0 atom stereocenters. The van der Waals surface area contributed by atoms with E-state index >= 15 is 0 Å². The Labute approximate surface area is 278 Å². The number of aromatic nitrogens is 3. The SMILES string of the molecule is CC.CC1(C)OB(c2ccc(-c3ccc(F)cc3)nc2)OC1(C)C.CC1(C)OB(c2ccc3c(c2)ncc2cccnc23)OC1(C)C. The molecule has 2 aromatic carbocycles. The van der Waals surface area contributed by atoms with Gasteiger partial charge in [-0.1, -0.05) is 32.0 Å². The van der Waals surface area contributed by atoms with Crippen LogP contribution in [-0.2, 0) is 18.6 Å². The van der Waals surface area contributed by atoms with Crippen molar-refractivity contribution in [1.82, 2.24) is 15.0 Å². The molecule has 0 spiro atoms. The summed E-state index contributed by atoms with van der Waals surface area (Å²) in [7, 11) is -0.787. The van der Waals surface area contributed by atoms with E-state index in [0.29, 0.717) is 0 Å². The number of halogens is 1. The highest BCUT2D eigenvalue weighted by Crippen LogP contribution is 2.37.